The van der Waals surface area contributed by atoms with Crippen LogP contribution in [0, 0.1) is 0 Å². The first-order valence-electron chi connectivity index (χ1n) is 10.5. The van der Waals surface area contributed by atoms with Gasteiger partial charge in [0.1, 0.15) is 18.1 Å². The number of carbonyl (C=O) groups is 5. The van der Waals surface area contributed by atoms with Crippen molar-refractivity contribution < 1.29 is 34.2 Å². The van der Waals surface area contributed by atoms with Gasteiger partial charge in [-0.25, -0.2) is 4.79 Å². The Kier molecular flexibility index (Phi) is 16.4. The number of unbranched alkanes of at least 4 members (excludes halogenated alkanes) is 1. The number of thiol groups is 1. The predicted molar refractivity (Wildman–Crippen MR) is 128 cm³/mol. The van der Waals surface area contributed by atoms with E-state index in [0.29, 0.717) is 31.6 Å². The fourth-order valence-corrected chi connectivity index (χ4v) is 3.43. The average molecular weight is 510 g/mol. The van der Waals surface area contributed by atoms with Crippen LogP contribution in [0.1, 0.15) is 38.5 Å². The Morgan fingerprint density at radius 1 is 0.879 bits per heavy atom. The third-order valence-corrected chi connectivity index (χ3v) is 5.64. The molecule has 0 bridgehead atoms. The van der Waals surface area contributed by atoms with Crippen molar-refractivity contribution in [2.75, 3.05) is 24.3 Å². The molecule has 0 fully saturated rings. The second kappa shape index (κ2) is 17.4. The maximum Gasteiger partial charge on any atom is 0.326 e. The highest BCUT2D eigenvalue weighted by Gasteiger charge is 2.29. The van der Waals surface area contributed by atoms with E-state index in [1.165, 1.54) is 11.8 Å². The molecule has 14 heteroatoms. The highest BCUT2D eigenvalue weighted by atomic mass is 32.2. The van der Waals surface area contributed by atoms with Crippen LogP contribution in [-0.2, 0) is 24.0 Å². The third-order valence-electron chi connectivity index (χ3n) is 4.63. The van der Waals surface area contributed by atoms with Crippen LogP contribution in [0.15, 0.2) is 0 Å². The number of carboxylic acids is 2. The topological polar surface area (TPSA) is 214 Å². The lowest BCUT2D eigenvalue weighted by atomic mass is 10.1. The minimum Gasteiger partial charge on any atom is -0.481 e. The van der Waals surface area contributed by atoms with Gasteiger partial charge in [0.15, 0.2) is 0 Å². The maximum atomic E-state index is 12.7. The number of nitrogens with one attached hydrogen (secondary N) is 3. The van der Waals surface area contributed by atoms with Gasteiger partial charge in [-0.1, -0.05) is 0 Å². The van der Waals surface area contributed by atoms with Crippen molar-refractivity contribution in [2.45, 2.75) is 62.7 Å². The molecule has 0 radical (unpaired) electrons. The lowest BCUT2D eigenvalue weighted by Gasteiger charge is -2.24. The molecule has 33 heavy (non-hydrogen) atoms. The SMILES string of the molecule is CSCCC(N)C(=O)NC(CS)C(=O)NC(CCCCN)C(=O)NC(CCC(=O)O)C(=O)O. The Morgan fingerprint density at radius 2 is 1.45 bits per heavy atom. The molecule has 0 aliphatic carbocycles. The van der Waals surface area contributed by atoms with E-state index in [-0.39, 0.29) is 18.6 Å². The van der Waals surface area contributed by atoms with Gasteiger partial charge in [0, 0.05) is 12.2 Å². The van der Waals surface area contributed by atoms with Gasteiger partial charge in [0.25, 0.3) is 0 Å². The first kappa shape index (κ1) is 31.0. The van der Waals surface area contributed by atoms with Crippen LogP contribution in [0.5, 0.6) is 0 Å². The van der Waals surface area contributed by atoms with E-state index in [1.54, 1.807) is 0 Å². The van der Waals surface area contributed by atoms with Gasteiger partial charge in [-0.05, 0) is 50.7 Å². The normalized spacial score (nSPS) is 14.4. The quantitative estimate of drug-likeness (QED) is 0.0793. The zero-order chi connectivity index (χ0) is 25.4. The number of amides is 3. The molecular formula is C19H35N5O7S2. The summed E-state index contributed by atoms with van der Waals surface area (Å²) in [4.78, 5) is 59.8. The summed E-state index contributed by atoms with van der Waals surface area (Å²) in [5.74, 6) is -3.97. The molecule has 0 saturated carbocycles. The Labute approximate surface area is 202 Å². The van der Waals surface area contributed by atoms with Crippen molar-refractivity contribution in [3.8, 4) is 0 Å². The molecule has 0 aromatic rings. The zero-order valence-electron chi connectivity index (χ0n) is 18.6. The minimum absolute atomic E-state index is 0.0552. The summed E-state index contributed by atoms with van der Waals surface area (Å²) in [6.45, 7) is 0.363. The molecule has 0 aromatic carbocycles. The number of rotatable bonds is 18. The molecule has 0 heterocycles. The standard InChI is InChI=1S/C19H35N5O7S2/c1-33-9-7-11(21)16(27)24-14(10-32)18(29)22-12(4-2-3-8-20)17(28)23-13(19(30)31)5-6-15(25)26/h11-14,32H,2-10,20-21H2,1H3,(H,22,29)(H,23,28)(H,24,27)(H,25,26)(H,30,31). The van der Waals surface area contributed by atoms with E-state index in [2.05, 4.69) is 28.6 Å². The summed E-state index contributed by atoms with van der Waals surface area (Å²) in [6, 6.07) is -4.41. The Balaban J connectivity index is 5.24. The molecule has 12 nitrogen and oxygen atoms in total. The molecule has 0 saturated heterocycles. The van der Waals surface area contributed by atoms with Gasteiger partial charge in [-0.2, -0.15) is 24.4 Å². The average Bonchev–Trinajstić information content (AvgIpc) is 2.76. The number of hydrogen-bond donors (Lipinski definition) is 8. The highest BCUT2D eigenvalue weighted by Crippen LogP contribution is 2.06. The number of carboxylic acid groups (broad SMARTS) is 2. The fourth-order valence-electron chi connectivity index (χ4n) is 2.68. The molecule has 0 aromatic heterocycles. The van der Waals surface area contributed by atoms with Crippen LogP contribution in [0.2, 0.25) is 0 Å². The predicted octanol–water partition coefficient (Wildman–Crippen LogP) is -1.47. The summed E-state index contributed by atoms with van der Waals surface area (Å²) in [6.07, 6.45) is 2.73. The number of nitrogens with two attached hydrogens (primary N) is 2. The summed E-state index contributed by atoms with van der Waals surface area (Å²) < 4.78 is 0. The molecule has 4 atom stereocenters. The van der Waals surface area contributed by atoms with Crippen molar-refractivity contribution >= 4 is 54.1 Å². The number of carbonyl (C=O) groups excluding carboxylic acids is 3. The van der Waals surface area contributed by atoms with Gasteiger partial charge >= 0.3 is 11.9 Å². The molecule has 0 rings (SSSR count). The van der Waals surface area contributed by atoms with Crippen LogP contribution in [0.25, 0.3) is 0 Å². The molecule has 0 aliphatic heterocycles. The van der Waals surface area contributed by atoms with E-state index in [4.69, 9.17) is 16.6 Å². The molecular weight excluding hydrogens is 474 g/mol. The van der Waals surface area contributed by atoms with Crippen molar-refractivity contribution in [3.63, 3.8) is 0 Å². The lowest BCUT2D eigenvalue weighted by Crippen LogP contribution is -2.57. The second-order valence-corrected chi connectivity index (χ2v) is 8.66. The minimum atomic E-state index is -1.43. The van der Waals surface area contributed by atoms with Crippen LogP contribution in [0.4, 0.5) is 0 Å². The van der Waals surface area contributed by atoms with Crippen molar-refractivity contribution in [3.05, 3.63) is 0 Å². The van der Waals surface area contributed by atoms with Crippen LogP contribution in [-0.4, -0.2) is 88.3 Å². The first-order chi connectivity index (χ1) is 15.6. The lowest BCUT2D eigenvalue weighted by molar-refractivity contribution is -0.143. The molecule has 0 aliphatic rings. The van der Waals surface area contributed by atoms with Crippen LogP contribution >= 0.6 is 24.4 Å². The number of aliphatic carboxylic acids is 2. The van der Waals surface area contributed by atoms with E-state index < -0.39 is 60.2 Å². The van der Waals surface area contributed by atoms with Gasteiger partial charge in [0.05, 0.1) is 6.04 Å². The van der Waals surface area contributed by atoms with Crippen molar-refractivity contribution in [1.29, 1.82) is 0 Å². The zero-order valence-corrected chi connectivity index (χ0v) is 20.3. The monoisotopic (exact) mass is 509 g/mol. The third kappa shape index (κ3) is 13.3. The summed E-state index contributed by atoms with van der Waals surface area (Å²) in [5, 5.41) is 25.3. The summed E-state index contributed by atoms with van der Waals surface area (Å²) >= 11 is 5.62. The van der Waals surface area contributed by atoms with Crippen LogP contribution in [0.3, 0.4) is 0 Å². The van der Waals surface area contributed by atoms with Crippen LogP contribution < -0.4 is 27.4 Å². The van der Waals surface area contributed by atoms with Gasteiger partial charge in [-0.15, -0.1) is 0 Å². The van der Waals surface area contributed by atoms with Gasteiger partial charge < -0.3 is 37.6 Å². The summed E-state index contributed by atoms with van der Waals surface area (Å²) in [5.41, 5.74) is 11.3. The largest absolute Gasteiger partial charge is 0.481 e. The van der Waals surface area contributed by atoms with E-state index in [1.807, 2.05) is 6.26 Å². The Morgan fingerprint density at radius 3 is 1.97 bits per heavy atom. The Hall–Kier alpha value is -2.03. The van der Waals surface area contributed by atoms with E-state index in [9.17, 15) is 29.1 Å². The van der Waals surface area contributed by atoms with E-state index >= 15 is 0 Å². The maximum absolute atomic E-state index is 12.7. The van der Waals surface area contributed by atoms with Crippen molar-refractivity contribution in [2.24, 2.45) is 11.5 Å². The molecule has 0 spiro atoms. The second-order valence-electron chi connectivity index (χ2n) is 7.31. The molecule has 9 N–H and O–H groups in total. The van der Waals surface area contributed by atoms with Crippen molar-refractivity contribution in [1.82, 2.24) is 16.0 Å². The first-order valence-corrected chi connectivity index (χ1v) is 12.5. The summed E-state index contributed by atoms with van der Waals surface area (Å²) in [7, 11) is 0. The molecule has 190 valence electrons. The molecule has 3 amide bonds. The van der Waals surface area contributed by atoms with Gasteiger partial charge in [0.2, 0.25) is 17.7 Å². The molecule has 4 unspecified atom stereocenters. The highest BCUT2D eigenvalue weighted by molar-refractivity contribution is 7.98. The number of thioether (sulfide) groups is 1. The fraction of sp³-hybridized carbons (Fsp3) is 0.737. The Bertz CT molecular complexity index is 668. The van der Waals surface area contributed by atoms with Gasteiger partial charge in [-0.3, -0.25) is 19.2 Å². The smallest absolute Gasteiger partial charge is 0.326 e. The number of hydrogen-bond acceptors (Lipinski definition) is 9. The van der Waals surface area contributed by atoms with E-state index in [0.717, 1.165) is 0 Å².